The highest BCUT2D eigenvalue weighted by atomic mass is 16.5. The molecule has 5 heteroatoms. The quantitative estimate of drug-likeness (QED) is 0.695. The molecule has 2 N–H and O–H groups in total. The molecular weight excluding hydrogens is 232 g/mol. The second-order valence-corrected chi connectivity index (χ2v) is 4.03. The van der Waals surface area contributed by atoms with E-state index in [2.05, 4.69) is 17.2 Å². The first-order valence-corrected chi connectivity index (χ1v) is 6.17. The molecule has 0 unspecified atom stereocenters. The zero-order chi connectivity index (χ0) is 13.4. The second-order valence-electron chi connectivity index (χ2n) is 4.03. The van der Waals surface area contributed by atoms with Crippen LogP contribution in [0, 0.1) is 6.92 Å². The van der Waals surface area contributed by atoms with Crippen LogP contribution in [0.3, 0.4) is 0 Å². The van der Waals surface area contributed by atoms with Crippen molar-refractivity contribution in [1.82, 2.24) is 4.98 Å². The fourth-order valence-electron chi connectivity index (χ4n) is 1.52. The molecule has 1 aromatic heterocycles. The van der Waals surface area contributed by atoms with Crippen LogP contribution >= 0.6 is 0 Å². The van der Waals surface area contributed by atoms with E-state index in [9.17, 15) is 4.79 Å². The van der Waals surface area contributed by atoms with Gasteiger partial charge in [-0.3, -0.25) is 0 Å². The van der Waals surface area contributed by atoms with Gasteiger partial charge in [0.15, 0.2) is 0 Å². The van der Waals surface area contributed by atoms with E-state index in [1.165, 1.54) is 0 Å². The number of hydrogen-bond donors (Lipinski definition) is 2. The Kier molecular flexibility index (Phi) is 6.14. The van der Waals surface area contributed by atoms with E-state index in [1.807, 2.05) is 0 Å². The Hall–Kier alpha value is -1.62. The van der Waals surface area contributed by atoms with Crippen molar-refractivity contribution in [2.24, 2.45) is 0 Å². The molecule has 0 saturated carbocycles. The van der Waals surface area contributed by atoms with Gasteiger partial charge >= 0.3 is 5.97 Å². The number of carboxylic acids is 1. The van der Waals surface area contributed by atoms with Crippen LogP contribution in [0.25, 0.3) is 0 Å². The van der Waals surface area contributed by atoms with E-state index >= 15 is 0 Å². The molecule has 5 nitrogen and oxygen atoms in total. The zero-order valence-electron chi connectivity index (χ0n) is 10.9. The summed E-state index contributed by atoms with van der Waals surface area (Å²) in [5.41, 5.74) is 0.765. The molecule has 1 aromatic rings. The number of nitrogens with one attached hydrogen (secondary N) is 1. The van der Waals surface area contributed by atoms with Gasteiger partial charge in [-0.25, -0.2) is 9.78 Å². The summed E-state index contributed by atoms with van der Waals surface area (Å²) in [5, 5.41) is 12.0. The molecule has 0 bridgehead atoms. The third-order valence-corrected chi connectivity index (χ3v) is 2.44. The molecule has 100 valence electrons. The number of ether oxygens (including phenoxy) is 1. The maximum absolute atomic E-state index is 10.8. The Morgan fingerprint density at radius 3 is 2.83 bits per heavy atom. The minimum Gasteiger partial charge on any atom is -0.478 e. The molecule has 0 fully saturated rings. The van der Waals surface area contributed by atoms with Crippen molar-refractivity contribution < 1.29 is 14.6 Å². The molecular formula is C13H20N2O3. The molecule has 18 heavy (non-hydrogen) atoms. The Bertz CT molecular complexity index is 394. The topological polar surface area (TPSA) is 71.5 Å². The third kappa shape index (κ3) is 4.71. The predicted molar refractivity (Wildman–Crippen MR) is 70.2 cm³/mol. The number of hydrogen-bond acceptors (Lipinski definition) is 4. The van der Waals surface area contributed by atoms with Crippen molar-refractivity contribution in [2.75, 3.05) is 25.1 Å². The van der Waals surface area contributed by atoms with Crippen LogP contribution in [-0.2, 0) is 4.74 Å². The monoisotopic (exact) mass is 252 g/mol. The molecule has 0 aliphatic heterocycles. The van der Waals surface area contributed by atoms with Crippen LogP contribution in [0.4, 0.5) is 5.82 Å². The lowest BCUT2D eigenvalue weighted by molar-refractivity contribution is 0.0695. The van der Waals surface area contributed by atoms with E-state index < -0.39 is 5.97 Å². The summed E-state index contributed by atoms with van der Waals surface area (Å²) < 4.78 is 5.36. The van der Waals surface area contributed by atoms with Crippen LogP contribution in [0.15, 0.2) is 12.1 Å². The highest BCUT2D eigenvalue weighted by molar-refractivity contribution is 5.89. The van der Waals surface area contributed by atoms with Gasteiger partial charge in [0, 0.05) is 19.8 Å². The average molecular weight is 252 g/mol. The highest BCUT2D eigenvalue weighted by Gasteiger charge is 2.07. The molecule has 0 aliphatic rings. The molecule has 0 saturated heterocycles. The summed E-state index contributed by atoms with van der Waals surface area (Å²) in [6, 6.07) is 3.25. The number of nitrogens with zero attached hydrogens (tertiary/aromatic N) is 1. The molecule has 1 rings (SSSR count). The summed E-state index contributed by atoms with van der Waals surface area (Å²) in [6.45, 7) is 6.06. The molecule has 0 amide bonds. The van der Waals surface area contributed by atoms with E-state index in [0.29, 0.717) is 11.5 Å². The lowest BCUT2D eigenvalue weighted by Crippen LogP contribution is -2.09. The van der Waals surface area contributed by atoms with Crippen LogP contribution in [0.2, 0.25) is 0 Å². The molecule has 0 spiro atoms. The first kappa shape index (κ1) is 14.4. The van der Waals surface area contributed by atoms with Crippen molar-refractivity contribution >= 4 is 11.8 Å². The maximum Gasteiger partial charge on any atom is 0.337 e. The summed E-state index contributed by atoms with van der Waals surface area (Å²) in [5.74, 6) is -0.243. The Morgan fingerprint density at radius 1 is 1.44 bits per heavy atom. The number of aromatic nitrogens is 1. The van der Waals surface area contributed by atoms with Crippen molar-refractivity contribution in [1.29, 1.82) is 0 Å². The number of carboxylic acid groups (broad SMARTS) is 1. The van der Waals surface area contributed by atoms with Gasteiger partial charge in [-0.2, -0.15) is 0 Å². The van der Waals surface area contributed by atoms with Crippen molar-refractivity contribution in [2.45, 2.75) is 26.7 Å². The summed E-state index contributed by atoms with van der Waals surface area (Å²) in [7, 11) is 0. The summed E-state index contributed by atoms with van der Waals surface area (Å²) in [6.07, 6.45) is 1.94. The minimum absolute atomic E-state index is 0.242. The number of pyridine rings is 1. The number of anilines is 1. The fraction of sp³-hybridized carbons (Fsp3) is 0.538. The van der Waals surface area contributed by atoms with Crippen LogP contribution < -0.4 is 5.32 Å². The second kappa shape index (κ2) is 7.66. The minimum atomic E-state index is -0.945. The van der Waals surface area contributed by atoms with Gasteiger partial charge in [0.1, 0.15) is 5.82 Å². The first-order chi connectivity index (χ1) is 8.65. The van der Waals surface area contributed by atoms with Gasteiger partial charge in [0.25, 0.3) is 0 Å². The number of aryl methyl sites for hydroxylation is 1. The Morgan fingerprint density at radius 2 is 2.22 bits per heavy atom. The summed E-state index contributed by atoms with van der Waals surface area (Å²) in [4.78, 5) is 15.0. The van der Waals surface area contributed by atoms with Crippen molar-refractivity contribution in [3.63, 3.8) is 0 Å². The Balaban J connectivity index is 2.35. The van der Waals surface area contributed by atoms with Crippen LogP contribution in [-0.4, -0.2) is 35.8 Å². The number of rotatable bonds is 8. The SMILES string of the molecule is CCCOCCCNc1ccc(C(=O)O)c(C)n1. The molecule has 0 aromatic carbocycles. The lowest BCUT2D eigenvalue weighted by atomic mass is 10.2. The number of carbonyl (C=O) groups is 1. The zero-order valence-corrected chi connectivity index (χ0v) is 10.9. The molecule has 0 radical (unpaired) electrons. The molecule has 0 atom stereocenters. The fourth-order valence-corrected chi connectivity index (χ4v) is 1.52. The van der Waals surface area contributed by atoms with E-state index in [0.717, 1.165) is 32.6 Å². The average Bonchev–Trinajstić information content (AvgIpc) is 2.33. The standard InChI is InChI=1S/C13H20N2O3/c1-3-8-18-9-4-7-14-12-6-5-11(13(16)17)10(2)15-12/h5-6H,3-4,7-9H2,1-2H3,(H,14,15)(H,16,17). The molecule has 1 heterocycles. The predicted octanol–water partition coefficient (Wildman–Crippen LogP) is 2.32. The third-order valence-electron chi connectivity index (χ3n) is 2.44. The normalized spacial score (nSPS) is 10.3. The van der Waals surface area contributed by atoms with Crippen molar-refractivity contribution in [3.8, 4) is 0 Å². The van der Waals surface area contributed by atoms with Gasteiger partial charge in [0.05, 0.1) is 11.3 Å². The Labute approximate surface area is 107 Å². The van der Waals surface area contributed by atoms with E-state index in [-0.39, 0.29) is 5.56 Å². The molecule has 0 aliphatic carbocycles. The highest BCUT2D eigenvalue weighted by Crippen LogP contribution is 2.10. The van der Waals surface area contributed by atoms with Gasteiger partial charge in [-0.15, -0.1) is 0 Å². The van der Waals surface area contributed by atoms with Gasteiger partial charge < -0.3 is 15.2 Å². The van der Waals surface area contributed by atoms with Gasteiger partial charge in [-0.05, 0) is 31.9 Å². The largest absolute Gasteiger partial charge is 0.478 e. The van der Waals surface area contributed by atoms with Crippen molar-refractivity contribution in [3.05, 3.63) is 23.4 Å². The van der Waals surface area contributed by atoms with Crippen LogP contribution in [0.1, 0.15) is 35.8 Å². The van der Waals surface area contributed by atoms with E-state index in [4.69, 9.17) is 9.84 Å². The van der Waals surface area contributed by atoms with Gasteiger partial charge in [0.2, 0.25) is 0 Å². The first-order valence-electron chi connectivity index (χ1n) is 6.17. The van der Waals surface area contributed by atoms with E-state index in [1.54, 1.807) is 19.1 Å². The van der Waals surface area contributed by atoms with Gasteiger partial charge in [-0.1, -0.05) is 6.92 Å². The smallest absolute Gasteiger partial charge is 0.337 e. The lowest BCUT2D eigenvalue weighted by Gasteiger charge is -2.08. The summed E-state index contributed by atoms with van der Waals surface area (Å²) >= 11 is 0. The van der Waals surface area contributed by atoms with Crippen LogP contribution in [0.5, 0.6) is 0 Å². The maximum atomic E-state index is 10.8. The number of aromatic carboxylic acids is 1.